The van der Waals surface area contributed by atoms with Gasteiger partial charge in [-0.1, -0.05) is 0 Å². The van der Waals surface area contributed by atoms with Crippen molar-refractivity contribution in [2.24, 2.45) is 17.2 Å². The molecule has 0 aromatic carbocycles. The molecule has 0 bridgehead atoms. The number of aliphatic carboxylic acids is 1. The van der Waals surface area contributed by atoms with Crippen LogP contribution < -0.4 is 33.2 Å². The van der Waals surface area contributed by atoms with E-state index in [1.165, 1.54) is 13.8 Å². The molecule has 0 saturated heterocycles. The third kappa shape index (κ3) is 10.9. The first-order valence-electron chi connectivity index (χ1n) is 9.40. The maximum Gasteiger partial charge on any atom is 0.325 e. The second-order valence-corrected chi connectivity index (χ2v) is 6.97. The summed E-state index contributed by atoms with van der Waals surface area (Å²) < 4.78 is 0. The number of hydrogen-bond acceptors (Lipinski definition) is 8. The largest absolute Gasteiger partial charge is 0.480 e. The van der Waals surface area contributed by atoms with Crippen LogP contribution in [0.25, 0.3) is 0 Å². The van der Waals surface area contributed by atoms with Crippen molar-refractivity contribution in [1.82, 2.24) is 16.0 Å². The minimum atomic E-state index is -1.53. The molecule has 5 amide bonds. The molecule has 11 N–H and O–H groups in total. The van der Waals surface area contributed by atoms with Gasteiger partial charge in [0.2, 0.25) is 29.5 Å². The summed E-state index contributed by atoms with van der Waals surface area (Å²) in [5.41, 5.74) is 15.7. The maximum atomic E-state index is 12.6. The fraction of sp³-hybridized carbons (Fsp3) is 0.647. The van der Waals surface area contributed by atoms with Gasteiger partial charge in [-0.2, -0.15) is 0 Å². The van der Waals surface area contributed by atoms with Gasteiger partial charge in [-0.3, -0.25) is 28.8 Å². The van der Waals surface area contributed by atoms with Crippen LogP contribution in [0.15, 0.2) is 0 Å². The van der Waals surface area contributed by atoms with E-state index in [0.717, 1.165) is 0 Å². The quantitative estimate of drug-likeness (QED) is 0.128. The van der Waals surface area contributed by atoms with E-state index >= 15 is 0 Å². The molecule has 0 aliphatic rings. The summed E-state index contributed by atoms with van der Waals surface area (Å²) in [5, 5.41) is 25.4. The van der Waals surface area contributed by atoms with E-state index in [1.54, 1.807) is 0 Å². The lowest BCUT2D eigenvalue weighted by Gasteiger charge is -2.26. The molecule has 0 fully saturated rings. The number of primary amides is 2. The van der Waals surface area contributed by atoms with E-state index in [2.05, 4.69) is 16.0 Å². The van der Waals surface area contributed by atoms with Crippen molar-refractivity contribution in [3.63, 3.8) is 0 Å². The summed E-state index contributed by atoms with van der Waals surface area (Å²) in [6.07, 6.45) is -2.23. The molecular formula is C17H30N6O8. The van der Waals surface area contributed by atoms with E-state index in [9.17, 15) is 33.9 Å². The van der Waals surface area contributed by atoms with E-state index in [4.69, 9.17) is 22.3 Å². The van der Waals surface area contributed by atoms with Gasteiger partial charge in [0.05, 0.1) is 12.1 Å². The van der Waals surface area contributed by atoms with Crippen molar-refractivity contribution < 1.29 is 39.0 Å². The molecule has 14 heteroatoms. The number of aliphatic hydroxyl groups is 1. The molecule has 5 atom stereocenters. The number of nitrogens with two attached hydrogens (primary N) is 3. The van der Waals surface area contributed by atoms with Crippen LogP contribution in [0, 0.1) is 0 Å². The standard InChI is InChI=1S/C17H30N6O8/c1-7(17(30)31)21-15(28)10(4-6-12(20)26)22-16(29)13(8(2)24)23-14(27)9(18)3-5-11(19)25/h7-10,13,24H,3-6,18H2,1-2H3,(H2,19,25)(H2,20,26)(H,21,28)(H,22,29)(H,23,27)(H,30,31). The first-order chi connectivity index (χ1) is 14.3. The number of hydrogen-bond donors (Lipinski definition) is 8. The van der Waals surface area contributed by atoms with Crippen molar-refractivity contribution in [1.29, 1.82) is 0 Å². The lowest BCUT2D eigenvalue weighted by atomic mass is 10.1. The average Bonchev–Trinajstić information content (AvgIpc) is 2.65. The molecule has 14 nitrogen and oxygen atoms in total. The Morgan fingerprint density at radius 3 is 1.77 bits per heavy atom. The number of nitrogens with one attached hydrogen (secondary N) is 3. The van der Waals surface area contributed by atoms with Crippen LogP contribution in [0.1, 0.15) is 39.5 Å². The van der Waals surface area contributed by atoms with E-state index < -0.39 is 65.8 Å². The Morgan fingerprint density at radius 1 is 0.806 bits per heavy atom. The first-order valence-corrected chi connectivity index (χ1v) is 9.40. The van der Waals surface area contributed by atoms with Crippen molar-refractivity contribution in [2.45, 2.75) is 69.8 Å². The summed E-state index contributed by atoms with van der Waals surface area (Å²) in [4.78, 5) is 69.8. The van der Waals surface area contributed by atoms with Crippen LogP contribution in [0.3, 0.4) is 0 Å². The van der Waals surface area contributed by atoms with Crippen molar-refractivity contribution >= 4 is 35.5 Å². The molecule has 0 aliphatic heterocycles. The highest BCUT2D eigenvalue weighted by atomic mass is 16.4. The number of aliphatic hydroxyl groups excluding tert-OH is 1. The molecule has 176 valence electrons. The number of carbonyl (C=O) groups is 6. The summed E-state index contributed by atoms with van der Waals surface area (Å²) in [7, 11) is 0. The molecular weight excluding hydrogens is 416 g/mol. The highest BCUT2D eigenvalue weighted by Crippen LogP contribution is 2.03. The summed E-state index contributed by atoms with van der Waals surface area (Å²) in [6, 6.07) is -5.38. The number of carboxylic acids is 1. The van der Waals surface area contributed by atoms with Gasteiger partial charge in [-0.15, -0.1) is 0 Å². The van der Waals surface area contributed by atoms with Crippen LogP contribution in [0.4, 0.5) is 0 Å². The van der Waals surface area contributed by atoms with Gasteiger partial charge in [-0.05, 0) is 26.7 Å². The lowest BCUT2D eigenvalue weighted by Crippen LogP contribution is -2.59. The third-order valence-electron chi connectivity index (χ3n) is 4.14. The first kappa shape index (κ1) is 27.7. The van der Waals surface area contributed by atoms with Gasteiger partial charge in [0.1, 0.15) is 18.1 Å². The monoisotopic (exact) mass is 446 g/mol. The Hall–Kier alpha value is -3.26. The van der Waals surface area contributed by atoms with Crippen molar-refractivity contribution in [3.8, 4) is 0 Å². The fourth-order valence-electron chi connectivity index (χ4n) is 2.29. The third-order valence-corrected chi connectivity index (χ3v) is 4.14. The van der Waals surface area contributed by atoms with Gasteiger partial charge in [0.25, 0.3) is 0 Å². The molecule has 0 radical (unpaired) electrons. The van der Waals surface area contributed by atoms with Crippen LogP contribution in [0.5, 0.6) is 0 Å². The van der Waals surface area contributed by atoms with Crippen LogP contribution >= 0.6 is 0 Å². The van der Waals surface area contributed by atoms with Gasteiger partial charge in [0, 0.05) is 12.8 Å². The highest BCUT2D eigenvalue weighted by Gasteiger charge is 2.32. The second kappa shape index (κ2) is 13.1. The van der Waals surface area contributed by atoms with Crippen molar-refractivity contribution in [3.05, 3.63) is 0 Å². The van der Waals surface area contributed by atoms with Gasteiger partial charge in [0.15, 0.2) is 0 Å². The zero-order chi connectivity index (χ0) is 24.3. The zero-order valence-electron chi connectivity index (χ0n) is 17.3. The molecule has 31 heavy (non-hydrogen) atoms. The normalized spacial score (nSPS) is 15.5. The van der Waals surface area contributed by atoms with Gasteiger partial charge in [-0.25, -0.2) is 0 Å². The minimum Gasteiger partial charge on any atom is -0.480 e. The Kier molecular flexibility index (Phi) is 11.7. The smallest absolute Gasteiger partial charge is 0.325 e. The highest BCUT2D eigenvalue weighted by molar-refractivity contribution is 5.94. The molecule has 0 rings (SSSR count). The SMILES string of the molecule is CC(NC(=O)C(CCC(N)=O)NC(=O)C(NC(=O)C(N)CCC(N)=O)C(C)O)C(=O)O. The zero-order valence-corrected chi connectivity index (χ0v) is 17.3. The number of rotatable bonds is 14. The second-order valence-electron chi connectivity index (χ2n) is 6.97. The maximum absolute atomic E-state index is 12.6. The average molecular weight is 446 g/mol. The molecule has 0 aromatic rings. The van der Waals surface area contributed by atoms with Gasteiger partial charge >= 0.3 is 5.97 Å². The predicted molar refractivity (Wildman–Crippen MR) is 106 cm³/mol. The Labute approximate surface area is 178 Å². The van der Waals surface area contributed by atoms with E-state index in [-0.39, 0.29) is 25.7 Å². The topological polar surface area (TPSA) is 257 Å². The fourth-order valence-corrected chi connectivity index (χ4v) is 2.29. The van der Waals surface area contributed by atoms with Crippen molar-refractivity contribution in [2.75, 3.05) is 0 Å². The summed E-state index contributed by atoms with van der Waals surface area (Å²) in [5.74, 6) is -5.50. The molecule has 5 unspecified atom stereocenters. The molecule has 0 heterocycles. The minimum absolute atomic E-state index is 0.0912. The van der Waals surface area contributed by atoms with E-state index in [1.807, 2.05) is 0 Å². The molecule has 0 spiro atoms. The lowest BCUT2D eigenvalue weighted by molar-refractivity contribution is -0.142. The Morgan fingerprint density at radius 2 is 1.32 bits per heavy atom. The molecule has 0 aromatic heterocycles. The van der Waals surface area contributed by atoms with Gasteiger partial charge < -0.3 is 43.4 Å². The summed E-state index contributed by atoms with van der Waals surface area (Å²) in [6.45, 7) is 2.39. The Balaban J connectivity index is 5.29. The summed E-state index contributed by atoms with van der Waals surface area (Å²) >= 11 is 0. The number of carboxylic acid groups (broad SMARTS) is 1. The Bertz CT molecular complexity index is 698. The molecule has 0 saturated carbocycles. The molecule has 0 aliphatic carbocycles. The van der Waals surface area contributed by atoms with Crippen LogP contribution in [-0.2, 0) is 28.8 Å². The van der Waals surface area contributed by atoms with Crippen LogP contribution in [0.2, 0.25) is 0 Å². The number of carbonyl (C=O) groups excluding carboxylic acids is 5. The van der Waals surface area contributed by atoms with Crippen LogP contribution in [-0.4, -0.2) is 76.0 Å². The number of amides is 5. The predicted octanol–water partition coefficient (Wildman–Crippen LogP) is -4.22. The van der Waals surface area contributed by atoms with E-state index in [0.29, 0.717) is 0 Å².